The number of aromatic amines is 1. The van der Waals surface area contributed by atoms with Gasteiger partial charge in [0.15, 0.2) is 0 Å². The first-order valence-corrected chi connectivity index (χ1v) is 9.95. The van der Waals surface area contributed by atoms with E-state index in [-0.39, 0.29) is 0 Å². The molecule has 0 saturated heterocycles. The average molecular weight is 378 g/mol. The zero-order valence-electron chi connectivity index (χ0n) is 16.1. The molecule has 0 unspecified atom stereocenters. The van der Waals surface area contributed by atoms with E-state index in [0.29, 0.717) is 0 Å². The molecule has 0 aliphatic carbocycles. The van der Waals surface area contributed by atoms with Crippen LogP contribution in [-0.2, 0) is 12.8 Å². The zero-order chi connectivity index (χ0) is 19.5. The van der Waals surface area contributed by atoms with Crippen LogP contribution in [0.4, 0.5) is 5.82 Å². The monoisotopic (exact) mass is 378 g/mol. The molecule has 4 nitrogen and oxygen atoms in total. The Hall–Kier alpha value is -3.66. The van der Waals surface area contributed by atoms with Gasteiger partial charge in [0.1, 0.15) is 11.6 Å². The predicted octanol–water partition coefficient (Wildman–Crippen LogP) is 5.36. The summed E-state index contributed by atoms with van der Waals surface area (Å²) in [6.07, 6.45) is 3.75. The number of fused-ring (bicyclic) bond motifs is 2. The van der Waals surface area contributed by atoms with Crippen molar-refractivity contribution in [3.8, 4) is 0 Å². The number of hydrogen-bond donors (Lipinski definition) is 2. The molecule has 3 aromatic carbocycles. The Balaban J connectivity index is 1.39. The van der Waals surface area contributed by atoms with Crippen LogP contribution in [0.1, 0.15) is 17.0 Å². The van der Waals surface area contributed by atoms with Gasteiger partial charge in [0, 0.05) is 35.5 Å². The van der Waals surface area contributed by atoms with E-state index in [4.69, 9.17) is 9.97 Å². The van der Waals surface area contributed by atoms with Gasteiger partial charge >= 0.3 is 0 Å². The van der Waals surface area contributed by atoms with Crippen molar-refractivity contribution in [2.75, 3.05) is 11.9 Å². The van der Waals surface area contributed by atoms with Crippen molar-refractivity contribution >= 4 is 27.6 Å². The van der Waals surface area contributed by atoms with Gasteiger partial charge in [-0.15, -0.1) is 0 Å². The van der Waals surface area contributed by atoms with Gasteiger partial charge in [-0.2, -0.15) is 0 Å². The third-order valence-electron chi connectivity index (χ3n) is 5.22. The fourth-order valence-electron chi connectivity index (χ4n) is 3.77. The highest BCUT2D eigenvalue weighted by atomic mass is 15.0. The van der Waals surface area contributed by atoms with Crippen LogP contribution in [0.5, 0.6) is 0 Å². The van der Waals surface area contributed by atoms with Gasteiger partial charge < -0.3 is 10.3 Å². The van der Waals surface area contributed by atoms with Crippen molar-refractivity contribution in [1.82, 2.24) is 15.0 Å². The number of aromatic nitrogens is 3. The summed E-state index contributed by atoms with van der Waals surface area (Å²) >= 11 is 0. The number of para-hydroxylation sites is 2. The lowest BCUT2D eigenvalue weighted by Crippen LogP contribution is -2.09. The summed E-state index contributed by atoms with van der Waals surface area (Å²) in [5.41, 5.74) is 4.69. The number of H-pyrrole nitrogens is 1. The van der Waals surface area contributed by atoms with Crippen molar-refractivity contribution in [3.63, 3.8) is 0 Å². The van der Waals surface area contributed by atoms with Gasteiger partial charge in [-0.1, -0.05) is 60.7 Å². The van der Waals surface area contributed by atoms with Crippen molar-refractivity contribution < 1.29 is 0 Å². The van der Waals surface area contributed by atoms with E-state index in [9.17, 15) is 0 Å². The minimum Gasteiger partial charge on any atom is -0.369 e. The lowest BCUT2D eigenvalue weighted by Gasteiger charge is -2.11. The number of anilines is 1. The first kappa shape index (κ1) is 17.4. The fraction of sp³-hybridized carbons (Fsp3) is 0.120. The normalized spacial score (nSPS) is 11.2. The van der Waals surface area contributed by atoms with Crippen LogP contribution in [0, 0.1) is 0 Å². The molecule has 29 heavy (non-hydrogen) atoms. The number of rotatable bonds is 6. The van der Waals surface area contributed by atoms with Gasteiger partial charge in [0.2, 0.25) is 0 Å². The van der Waals surface area contributed by atoms with Gasteiger partial charge in [-0.05, 0) is 35.7 Å². The summed E-state index contributed by atoms with van der Waals surface area (Å²) in [4.78, 5) is 13.0. The molecule has 0 fully saturated rings. The van der Waals surface area contributed by atoms with Gasteiger partial charge in [-0.3, -0.25) is 0 Å². The molecular formula is C25H22N4. The fourth-order valence-corrected chi connectivity index (χ4v) is 3.77. The van der Waals surface area contributed by atoms with Crippen LogP contribution in [0.25, 0.3) is 21.8 Å². The Morgan fingerprint density at radius 2 is 1.52 bits per heavy atom. The highest BCUT2D eigenvalue weighted by Gasteiger charge is 2.09. The number of benzene rings is 3. The Morgan fingerprint density at radius 3 is 2.41 bits per heavy atom. The van der Waals surface area contributed by atoms with Crippen molar-refractivity contribution in [2.24, 2.45) is 0 Å². The van der Waals surface area contributed by atoms with Crippen LogP contribution >= 0.6 is 0 Å². The first-order valence-electron chi connectivity index (χ1n) is 9.95. The molecule has 0 aliphatic rings. The summed E-state index contributed by atoms with van der Waals surface area (Å²) in [5, 5.41) is 5.89. The molecule has 0 amide bonds. The maximum atomic E-state index is 4.85. The van der Waals surface area contributed by atoms with E-state index in [0.717, 1.165) is 41.9 Å². The van der Waals surface area contributed by atoms with Gasteiger partial charge in [0.05, 0.1) is 5.52 Å². The molecule has 142 valence electrons. The third kappa shape index (κ3) is 3.69. The summed E-state index contributed by atoms with van der Waals surface area (Å²) < 4.78 is 0. The number of nitrogens with zero attached hydrogens (tertiary/aromatic N) is 2. The van der Waals surface area contributed by atoms with Crippen molar-refractivity contribution in [2.45, 2.75) is 12.8 Å². The molecule has 0 aliphatic heterocycles. The molecule has 2 heterocycles. The number of nitrogens with one attached hydrogen (secondary N) is 2. The van der Waals surface area contributed by atoms with Crippen LogP contribution in [0.3, 0.4) is 0 Å². The second kappa shape index (κ2) is 7.76. The van der Waals surface area contributed by atoms with Crippen LogP contribution < -0.4 is 5.32 Å². The molecule has 0 saturated carbocycles. The maximum Gasteiger partial charge on any atom is 0.137 e. The average Bonchev–Trinajstić information content (AvgIpc) is 3.18. The topological polar surface area (TPSA) is 53.6 Å². The predicted molar refractivity (Wildman–Crippen MR) is 119 cm³/mol. The molecular weight excluding hydrogens is 356 g/mol. The minimum atomic E-state index is 0.725. The first-order chi connectivity index (χ1) is 14.4. The van der Waals surface area contributed by atoms with E-state index < -0.39 is 0 Å². The highest BCUT2D eigenvalue weighted by molar-refractivity contribution is 5.89. The molecule has 0 radical (unpaired) electrons. The minimum absolute atomic E-state index is 0.725. The number of hydrogen-bond acceptors (Lipinski definition) is 3. The quantitative estimate of drug-likeness (QED) is 0.418. The Kier molecular flexibility index (Phi) is 4.67. The molecule has 5 aromatic rings. The Morgan fingerprint density at radius 1 is 0.759 bits per heavy atom. The summed E-state index contributed by atoms with van der Waals surface area (Å²) in [5.74, 6) is 1.74. The van der Waals surface area contributed by atoms with Crippen molar-refractivity contribution in [3.05, 3.63) is 102 Å². The lowest BCUT2D eigenvalue weighted by molar-refractivity contribution is 0.966. The Bertz CT molecular complexity index is 1260. The standard InChI is InChI=1S/C25H22N4/c1-2-8-18(9-3-1)16-24-28-23-13-7-5-11-21(23)25(29-24)26-15-14-19-17-27-22-12-6-4-10-20(19)22/h1-13,17,27H,14-16H2,(H,26,28,29). The highest BCUT2D eigenvalue weighted by Crippen LogP contribution is 2.22. The molecule has 5 rings (SSSR count). The molecule has 0 atom stereocenters. The SMILES string of the molecule is c1ccc(Cc2nc(NCCc3c[nH]c4ccccc34)c3ccccc3n2)cc1. The zero-order valence-corrected chi connectivity index (χ0v) is 16.1. The smallest absolute Gasteiger partial charge is 0.137 e. The van der Waals surface area contributed by atoms with Crippen molar-refractivity contribution in [1.29, 1.82) is 0 Å². The molecule has 4 heteroatoms. The second-order valence-corrected chi connectivity index (χ2v) is 7.20. The third-order valence-corrected chi connectivity index (χ3v) is 5.22. The van der Waals surface area contributed by atoms with Crippen LogP contribution in [0.2, 0.25) is 0 Å². The second-order valence-electron chi connectivity index (χ2n) is 7.20. The molecule has 2 aromatic heterocycles. The largest absolute Gasteiger partial charge is 0.369 e. The van der Waals surface area contributed by atoms with Gasteiger partial charge in [-0.25, -0.2) is 9.97 Å². The van der Waals surface area contributed by atoms with E-state index in [2.05, 4.69) is 77.2 Å². The van der Waals surface area contributed by atoms with E-state index in [1.165, 1.54) is 22.0 Å². The molecule has 0 spiro atoms. The van der Waals surface area contributed by atoms with Crippen LogP contribution in [0.15, 0.2) is 85.1 Å². The summed E-state index contributed by atoms with van der Waals surface area (Å²) in [6, 6.07) is 27.0. The molecule has 0 bridgehead atoms. The molecule has 2 N–H and O–H groups in total. The maximum absolute atomic E-state index is 4.85. The van der Waals surface area contributed by atoms with E-state index >= 15 is 0 Å². The Labute approximate surface area is 169 Å². The summed E-state index contributed by atoms with van der Waals surface area (Å²) in [6.45, 7) is 0.813. The van der Waals surface area contributed by atoms with Crippen LogP contribution in [-0.4, -0.2) is 21.5 Å². The lowest BCUT2D eigenvalue weighted by atomic mass is 10.1. The van der Waals surface area contributed by atoms with E-state index in [1.54, 1.807) is 0 Å². The van der Waals surface area contributed by atoms with E-state index in [1.807, 2.05) is 18.2 Å². The van der Waals surface area contributed by atoms with Gasteiger partial charge in [0.25, 0.3) is 0 Å². The summed E-state index contributed by atoms with van der Waals surface area (Å²) in [7, 11) is 0.